The number of carboxylic acids is 1. The van der Waals surface area contributed by atoms with Crippen molar-refractivity contribution in [2.24, 2.45) is 0 Å². The average Bonchev–Trinajstić information content (AvgIpc) is 2.53. The monoisotopic (exact) mass is 333 g/mol. The molecule has 122 valence electrons. The predicted molar refractivity (Wildman–Crippen MR) is 92.0 cm³/mol. The van der Waals surface area contributed by atoms with Gasteiger partial charge in [-0.3, -0.25) is 4.79 Å². The second kappa shape index (κ2) is 7.02. The number of hydrogen-bond acceptors (Lipinski definition) is 3. The van der Waals surface area contributed by atoms with Crippen LogP contribution in [0.5, 0.6) is 0 Å². The maximum absolute atomic E-state index is 11.5. The van der Waals surface area contributed by atoms with Gasteiger partial charge in [-0.2, -0.15) is 0 Å². The summed E-state index contributed by atoms with van der Waals surface area (Å²) in [5.74, 6) is -0.898. The van der Waals surface area contributed by atoms with Gasteiger partial charge in [0.1, 0.15) is 0 Å². The molecule has 0 aromatic heterocycles. The van der Waals surface area contributed by atoms with Crippen LogP contribution in [0.25, 0.3) is 0 Å². The normalized spacial score (nSPS) is 12.7. The maximum Gasteiger partial charge on any atom is 0.313 e. The Bertz CT molecular complexity index is 683. The highest BCUT2D eigenvalue weighted by molar-refractivity contribution is 6.30. The zero-order valence-corrected chi connectivity index (χ0v) is 13.8. The number of nitrogens with one attached hydrogen (secondary N) is 1. The van der Waals surface area contributed by atoms with Gasteiger partial charge in [-0.05, 0) is 43.2 Å². The third-order valence-corrected chi connectivity index (χ3v) is 4.13. The largest absolute Gasteiger partial charge is 0.481 e. The number of hydrogen-bond donors (Lipinski definition) is 3. The molecule has 2 rings (SSSR count). The summed E-state index contributed by atoms with van der Waals surface area (Å²) in [5, 5.41) is 23.4. The number of aliphatic carboxylic acids is 1. The molecule has 0 heterocycles. The summed E-state index contributed by atoms with van der Waals surface area (Å²) in [6.07, 6.45) is -0.715. The number of carboxylic acid groups (broad SMARTS) is 1. The Balaban J connectivity index is 2.15. The van der Waals surface area contributed by atoms with Crippen LogP contribution in [0.3, 0.4) is 0 Å². The first-order valence-corrected chi connectivity index (χ1v) is 7.70. The van der Waals surface area contributed by atoms with Crippen molar-refractivity contribution < 1.29 is 15.0 Å². The molecule has 0 saturated carbocycles. The number of halogens is 1. The molecule has 0 amide bonds. The van der Waals surface area contributed by atoms with E-state index in [2.05, 4.69) is 5.32 Å². The Hall–Kier alpha value is -2.04. The smallest absolute Gasteiger partial charge is 0.313 e. The fraction of sp³-hybridized carbons (Fsp3) is 0.278. The van der Waals surface area contributed by atoms with Crippen LogP contribution in [-0.2, 0) is 10.2 Å². The lowest BCUT2D eigenvalue weighted by Gasteiger charge is -2.24. The fourth-order valence-corrected chi connectivity index (χ4v) is 2.43. The van der Waals surface area contributed by atoms with E-state index in [1.54, 1.807) is 50.2 Å². The van der Waals surface area contributed by atoms with Gasteiger partial charge in [0.05, 0.1) is 11.5 Å². The quantitative estimate of drug-likeness (QED) is 0.751. The third kappa shape index (κ3) is 4.03. The van der Waals surface area contributed by atoms with Gasteiger partial charge in [0.25, 0.3) is 0 Å². The number of aliphatic hydroxyl groups excluding tert-OH is 1. The van der Waals surface area contributed by atoms with Crippen molar-refractivity contribution in [2.75, 3.05) is 11.9 Å². The summed E-state index contributed by atoms with van der Waals surface area (Å²) in [6.45, 7) is 3.59. The first-order valence-electron chi connectivity index (χ1n) is 7.32. The second-order valence-corrected chi connectivity index (χ2v) is 6.36. The number of anilines is 1. The van der Waals surface area contributed by atoms with Crippen molar-refractivity contribution in [1.82, 2.24) is 0 Å². The highest BCUT2D eigenvalue weighted by Gasteiger charge is 2.31. The summed E-state index contributed by atoms with van der Waals surface area (Å²) in [7, 11) is 0. The van der Waals surface area contributed by atoms with Gasteiger partial charge >= 0.3 is 5.97 Å². The molecule has 2 aromatic rings. The van der Waals surface area contributed by atoms with E-state index in [4.69, 9.17) is 11.6 Å². The molecular weight excluding hydrogens is 314 g/mol. The third-order valence-electron chi connectivity index (χ3n) is 3.88. The van der Waals surface area contributed by atoms with E-state index in [1.165, 1.54) is 0 Å². The Morgan fingerprint density at radius 3 is 2.39 bits per heavy atom. The minimum atomic E-state index is -1.02. The molecule has 0 fully saturated rings. The van der Waals surface area contributed by atoms with Crippen molar-refractivity contribution >= 4 is 23.3 Å². The highest BCUT2D eigenvalue weighted by Crippen LogP contribution is 2.30. The lowest BCUT2D eigenvalue weighted by atomic mass is 9.83. The Morgan fingerprint density at radius 1 is 1.17 bits per heavy atom. The molecule has 0 bridgehead atoms. The van der Waals surface area contributed by atoms with Crippen LogP contribution in [0.2, 0.25) is 5.02 Å². The summed E-state index contributed by atoms with van der Waals surface area (Å²) < 4.78 is 0. The summed E-state index contributed by atoms with van der Waals surface area (Å²) in [5.41, 5.74) is 1.11. The van der Waals surface area contributed by atoms with Crippen LogP contribution in [0.15, 0.2) is 48.5 Å². The van der Waals surface area contributed by atoms with Crippen molar-refractivity contribution in [1.29, 1.82) is 0 Å². The summed E-state index contributed by atoms with van der Waals surface area (Å²) in [6, 6.07) is 14.2. The maximum atomic E-state index is 11.5. The fourth-order valence-electron chi connectivity index (χ4n) is 2.31. The first-order chi connectivity index (χ1) is 10.8. The standard InChI is InChI=1S/C18H20ClNO3/c1-18(2,17(22)23)14-5-3-4-6-15(14)20-11-16(21)12-7-9-13(19)10-8-12/h3-10,16,20-21H,11H2,1-2H3,(H,22,23). The number of aliphatic hydroxyl groups is 1. The number of para-hydroxylation sites is 1. The van der Waals surface area contributed by atoms with Crippen LogP contribution in [-0.4, -0.2) is 22.7 Å². The molecule has 4 nitrogen and oxygen atoms in total. The van der Waals surface area contributed by atoms with E-state index in [-0.39, 0.29) is 6.54 Å². The number of rotatable bonds is 6. The van der Waals surface area contributed by atoms with E-state index < -0.39 is 17.5 Å². The molecular formula is C18H20ClNO3. The number of carbonyl (C=O) groups is 1. The molecule has 0 radical (unpaired) electrons. The van der Waals surface area contributed by atoms with Crippen LogP contribution in [0, 0.1) is 0 Å². The second-order valence-electron chi connectivity index (χ2n) is 5.92. The average molecular weight is 334 g/mol. The first kappa shape index (κ1) is 17.3. The zero-order chi connectivity index (χ0) is 17.0. The van der Waals surface area contributed by atoms with Crippen LogP contribution >= 0.6 is 11.6 Å². The van der Waals surface area contributed by atoms with Gasteiger partial charge in [-0.15, -0.1) is 0 Å². The van der Waals surface area contributed by atoms with E-state index in [9.17, 15) is 15.0 Å². The molecule has 5 heteroatoms. The molecule has 2 aromatic carbocycles. The van der Waals surface area contributed by atoms with Gasteiger partial charge < -0.3 is 15.5 Å². The lowest BCUT2D eigenvalue weighted by Crippen LogP contribution is -2.30. The molecule has 3 N–H and O–H groups in total. The van der Waals surface area contributed by atoms with Crippen molar-refractivity contribution in [3.05, 3.63) is 64.7 Å². The predicted octanol–water partition coefficient (Wildman–Crippen LogP) is 3.85. The molecule has 0 aliphatic heterocycles. The van der Waals surface area contributed by atoms with Gasteiger partial charge in [0.15, 0.2) is 0 Å². The van der Waals surface area contributed by atoms with Gasteiger partial charge in [-0.25, -0.2) is 0 Å². The molecule has 1 atom stereocenters. The van der Waals surface area contributed by atoms with Gasteiger partial charge in [0, 0.05) is 17.3 Å². The topological polar surface area (TPSA) is 69.6 Å². The number of benzene rings is 2. The summed E-state index contributed by atoms with van der Waals surface area (Å²) in [4.78, 5) is 11.5. The van der Waals surface area contributed by atoms with E-state index in [0.717, 1.165) is 5.56 Å². The summed E-state index contributed by atoms with van der Waals surface area (Å²) >= 11 is 5.84. The zero-order valence-electron chi connectivity index (χ0n) is 13.1. The van der Waals surface area contributed by atoms with Crippen molar-refractivity contribution in [3.8, 4) is 0 Å². The minimum Gasteiger partial charge on any atom is -0.481 e. The van der Waals surface area contributed by atoms with E-state index in [0.29, 0.717) is 16.3 Å². The van der Waals surface area contributed by atoms with Crippen molar-refractivity contribution in [3.63, 3.8) is 0 Å². The van der Waals surface area contributed by atoms with E-state index in [1.807, 2.05) is 12.1 Å². The Morgan fingerprint density at radius 2 is 1.78 bits per heavy atom. The molecule has 0 spiro atoms. The van der Waals surface area contributed by atoms with Crippen LogP contribution in [0.1, 0.15) is 31.1 Å². The molecule has 1 unspecified atom stereocenters. The Kier molecular flexibility index (Phi) is 5.29. The molecule has 23 heavy (non-hydrogen) atoms. The van der Waals surface area contributed by atoms with E-state index >= 15 is 0 Å². The van der Waals surface area contributed by atoms with Crippen molar-refractivity contribution in [2.45, 2.75) is 25.4 Å². The highest BCUT2D eigenvalue weighted by atomic mass is 35.5. The Labute approximate surface area is 140 Å². The molecule has 0 aliphatic carbocycles. The SMILES string of the molecule is CC(C)(C(=O)O)c1ccccc1NCC(O)c1ccc(Cl)cc1. The lowest BCUT2D eigenvalue weighted by molar-refractivity contribution is -0.142. The van der Waals surface area contributed by atoms with Crippen LogP contribution in [0.4, 0.5) is 5.69 Å². The minimum absolute atomic E-state index is 0.272. The molecule has 0 aliphatic rings. The van der Waals surface area contributed by atoms with Crippen LogP contribution < -0.4 is 5.32 Å². The van der Waals surface area contributed by atoms with Gasteiger partial charge in [-0.1, -0.05) is 41.9 Å². The molecule has 0 saturated heterocycles. The van der Waals surface area contributed by atoms with Gasteiger partial charge in [0.2, 0.25) is 0 Å².